The molecule has 53 heavy (non-hydrogen) atoms. The molecule has 4 unspecified atom stereocenters. The molecule has 0 spiro atoms. The van der Waals surface area contributed by atoms with Crippen molar-refractivity contribution in [2.24, 2.45) is 5.41 Å². The third kappa shape index (κ3) is 9.28. The lowest BCUT2D eigenvalue weighted by molar-refractivity contribution is -0.259. The normalized spacial score (nSPS) is 26.5. The summed E-state index contributed by atoms with van der Waals surface area (Å²) in [4.78, 5) is 25.8. The summed E-state index contributed by atoms with van der Waals surface area (Å²) in [6.45, 7) is 19.8. The second kappa shape index (κ2) is 21.6. The van der Waals surface area contributed by atoms with Crippen molar-refractivity contribution < 1.29 is 47.5 Å². The predicted octanol–water partition coefficient (Wildman–Crippen LogP) is 13.3. The lowest BCUT2D eigenvalue weighted by atomic mass is 9.57. The maximum Gasteiger partial charge on any atom is 0.514 e. The zero-order valence-corrected chi connectivity index (χ0v) is 42.9. The van der Waals surface area contributed by atoms with Gasteiger partial charge in [-0.15, -0.1) is 0 Å². The molecule has 2 rings (SSSR count). The van der Waals surface area contributed by atoms with E-state index < -0.39 is 37.9 Å². The first-order chi connectivity index (χ1) is 24.9. The summed E-state index contributed by atoms with van der Waals surface area (Å²) in [5, 5.41) is 0. The van der Waals surface area contributed by atoms with Crippen LogP contribution >= 0.6 is 127 Å². The molecule has 2 aliphatic carbocycles. The Hall–Kier alpha value is 0.660. The Balaban J connectivity index is 3.26. The van der Waals surface area contributed by atoms with Crippen LogP contribution in [-0.2, 0) is 37.9 Å². The highest BCUT2D eigenvalue weighted by Crippen LogP contribution is 2.72. The maximum atomic E-state index is 12.9. The van der Waals surface area contributed by atoms with E-state index in [0.717, 1.165) is 0 Å². The molecule has 300 valence electrons. The van der Waals surface area contributed by atoms with Gasteiger partial charge in [0.15, 0.2) is 31.7 Å². The number of halogens is 8. The lowest BCUT2D eigenvalue weighted by Crippen LogP contribution is -2.76. The standard InChI is InChI=1S/C35H44Br8O10/c1-9-15-46-29(44)52-23-21(36)25(38)32(48-17-11-3,34(42,27(23)40)50-19-13-5)31(7,8)33(49-18-12-4)26(39)22(37)24(53-30(45)47-16-10-2)28(41)35(33,43)51-20-14-6/h9-10H,1-2,11-20H2,3-8H3. The number of carbonyl (C=O) groups excluding carboxylic acids is 2. The number of allylic oxidation sites excluding steroid dienone is 2. The van der Waals surface area contributed by atoms with Crippen molar-refractivity contribution in [1.29, 1.82) is 0 Å². The van der Waals surface area contributed by atoms with Crippen LogP contribution in [0.15, 0.2) is 63.7 Å². The van der Waals surface area contributed by atoms with Crippen molar-refractivity contribution in [2.75, 3.05) is 39.6 Å². The largest absolute Gasteiger partial charge is 0.514 e. The van der Waals surface area contributed by atoms with Crippen LogP contribution in [-0.4, -0.2) is 72.2 Å². The van der Waals surface area contributed by atoms with Gasteiger partial charge in [-0.05, 0) is 121 Å². The van der Waals surface area contributed by atoms with Crippen LogP contribution in [0.5, 0.6) is 0 Å². The summed E-state index contributed by atoms with van der Waals surface area (Å²) in [5.74, 6) is 0.131. The van der Waals surface area contributed by atoms with Crippen molar-refractivity contribution >= 4 is 140 Å². The van der Waals surface area contributed by atoms with Gasteiger partial charge in [-0.3, -0.25) is 0 Å². The van der Waals surface area contributed by atoms with E-state index in [4.69, 9.17) is 37.9 Å². The zero-order valence-electron chi connectivity index (χ0n) is 30.2. The minimum atomic E-state index is -1.64. The monoisotopic (exact) mass is 1260 g/mol. The molecular formula is C35H44Br8O10. The molecule has 0 aromatic carbocycles. The van der Waals surface area contributed by atoms with Gasteiger partial charge in [0, 0.05) is 40.8 Å². The lowest BCUT2D eigenvalue weighted by Gasteiger charge is -2.65. The van der Waals surface area contributed by atoms with Gasteiger partial charge in [0.2, 0.25) is 0 Å². The molecular weight excluding hydrogens is 1220 g/mol. The van der Waals surface area contributed by atoms with Crippen molar-refractivity contribution in [3.63, 3.8) is 0 Å². The Morgan fingerprint density at radius 2 is 0.887 bits per heavy atom. The predicted molar refractivity (Wildman–Crippen MR) is 234 cm³/mol. The van der Waals surface area contributed by atoms with Gasteiger partial charge in [0.25, 0.3) is 0 Å². The SMILES string of the molecule is C=CCOC(=O)OC1=C(Br)C(Br)(OCCC)C(OCCC)(C(C)(C)C2(OCCC)C(Br)=C(Br)C(OC(=O)OCC=C)=C(Br)C2(Br)OCCC)C(Br)=C1Br. The highest BCUT2D eigenvalue weighted by Gasteiger charge is 2.79. The molecule has 10 nitrogen and oxygen atoms in total. The van der Waals surface area contributed by atoms with Crippen LogP contribution in [0.4, 0.5) is 9.59 Å². The van der Waals surface area contributed by atoms with E-state index in [-0.39, 0.29) is 60.1 Å². The minimum Gasteiger partial charge on any atom is -0.430 e. The number of alkyl halides is 2. The quantitative estimate of drug-likeness (QED) is 0.0664. The van der Waals surface area contributed by atoms with Gasteiger partial charge in [0.05, 0.1) is 17.9 Å². The summed E-state index contributed by atoms with van der Waals surface area (Å²) >= 11 is 30.8. The number of rotatable bonds is 20. The number of carbonyl (C=O) groups is 2. The molecule has 0 amide bonds. The Morgan fingerprint density at radius 1 is 0.585 bits per heavy atom. The molecule has 2 aliphatic rings. The summed E-state index contributed by atoms with van der Waals surface area (Å²) in [6, 6.07) is 0. The highest BCUT2D eigenvalue weighted by molar-refractivity contribution is 9.15. The number of ether oxygens (including phenoxy) is 8. The first kappa shape index (κ1) is 49.8. The molecule has 0 heterocycles. The highest BCUT2D eigenvalue weighted by atomic mass is 79.9. The van der Waals surface area contributed by atoms with Crippen LogP contribution in [0.2, 0.25) is 0 Å². The smallest absolute Gasteiger partial charge is 0.430 e. The van der Waals surface area contributed by atoms with Gasteiger partial charge in [0.1, 0.15) is 13.2 Å². The number of hydrogen-bond donors (Lipinski definition) is 0. The van der Waals surface area contributed by atoms with E-state index in [2.05, 4.69) is 141 Å². The fourth-order valence-corrected chi connectivity index (χ4v) is 13.8. The second-order valence-corrected chi connectivity index (χ2v) is 19.0. The fourth-order valence-electron chi connectivity index (χ4n) is 5.84. The fraction of sp³-hybridized carbons (Fsp3) is 0.600. The van der Waals surface area contributed by atoms with Gasteiger partial charge in [-0.2, -0.15) is 0 Å². The molecule has 0 N–H and O–H groups in total. The average molecular weight is 1260 g/mol. The first-order valence-electron chi connectivity index (χ1n) is 16.7. The summed E-state index contributed by atoms with van der Waals surface area (Å²) in [6.07, 6.45) is 3.37. The Bertz CT molecular complexity index is 1400. The van der Waals surface area contributed by atoms with Gasteiger partial charge in [-0.25, -0.2) is 9.59 Å². The molecule has 0 radical (unpaired) electrons. The molecule has 18 heteroatoms. The minimum absolute atomic E-state index is 0.0632. The topological polar surface area (TPSA) is 108 Å². The third-order valence-electron chi connectivity index (χ3n) is 8.10. The third-order valence-corrected chi connectivity index (χ3v) is 17.9. The zero-order chi connectivity index (χ0) is 40.4. The molecule has 0 aromatic rings. The Labute approximate surface area is 379 Å². The van der Waals surface area contributed by atoms with Crippen LogP contribution in [0.3, 0.4) is 0 Å². The van der Waals surface area contributed by atoms with E-state index in [1.807, 2.05) is 41.5 Å². The van der Waals surface area contributed by atoms with E-state index in [9.17, 15) is 9.59 Å². The van der Waals surface area contributed by atoms with Crippen molar-refractivity contribution in [3.05, 3.63) is 63.7 Å². The van der Waals surface area contributed by atoms with Crippen LogP contribution in [0.25, 0.3) is 0 Å². The molecule has 0 aliphatic heterocycles. The maximum absolute atomic E-state index is 12.9. The second-order valence-electron chi connectivity index (χ2n) is 12.0. The van der Waals surface area contributed by atoms with E-state index in [1.54, 1.807) is 0 Å². The molecule has 0 bridgehead atoms. The summed E-state index contributed by atoms with van der Waals surface area (Å²) < 4.78 is 48.6. The molecule has 0 saturated carbocycles. The van der Waals surface area contributed by atoms with Crippen LogP contribution in [0.1, 0.15) is 67.2 Å². The van der Waals surface area contributed by atoms with Gasteiger partial charge >= 0.3 is 12.3 Å². The van der Waals surface area contributed by atoms with E-state index in [0.29, 0.717) is 43.6 Å². The first-order valence-corrected chi connectivity index (χ1v) is 23.0. The average Bonchev–Trinajstić information content (AvgIpc) is 3.13. The van der Waals surface area contributed by atoms with Crippen LogP contribution < -0.4 is 0 Å². The van der Waals surface area contributed by atoms with Crippen molar-refractivity contribution in [1.82, 2.24) is 0 Å². The van der Waals surface area contributed by atoms with E-state index in [1.165, 1.54) is 12.2 Å². The summed E-state index contributed by atoms with van der Waals surface area (Å²) in [5.41, 5.74) is -4.59. The summed E-state index contributed by atoms with van der Waals surface area (Å²) in [7, 11) is 0. The molecule has 0 saturated heterocycles. The van der Waals surface area contributed by atoms with E-state index >= 15 is 0 Å². The van der Waals surface area contributed by atoms with Gasteiger partial charge < -0.3 is 37.9 Å². The molecule has 0 fully saturated rings. The van der Waals surface area contributed by atoms with Crippen molar-refractivity contribution in [2.45, 2.75) is 87.4 Å². The number of hydrogen-bond acceptors (Lipinski definition) is 10. The molecule has 4 atom stereocenters. The van der Waals surface area contributed by atoms with Gasteiger partial charge in [-0.1, -0.05) is 98.7 Å². The van der Waals surface area contributed by atoms with Crippen molar-refractivity contribution in [3.8, 4) is 0 Å². The van der Waals surface area contributed by atoms with Crippen LogP contribution in [0, 0.1) is 5.41 Å². The Morgan fingerprint density at radius 3 is 1.17 bits per heavy atom. The Kier molecular flexibility index (Phi) is 20.3. The molecule has 0 aromatic heterocycles.